The highest BCUT2D eigenvalue weighted by Gasteiger charge is 2.07. The number of nitrogen functional groups attached to an aromatic ring is 1. The van der Waals surface area contributed by atoms with Crippen molar-refractivity contribution in [3.8, 4) is 5.75 Å². The summed E-state index contributed by atoms with van der Waals surface area (Å²) in [6.07, 6.45) is 1.61. The van der Waals surface area contributed by atoms with Crippen LogP contribution in [0.3, 0.4) is 0 Å². The maximum Gasteiger partial charge on any atom is 0.263 e. The summed E-state index contributed by atoms with van der Waals surface area (Å²) in [5.74, 6) is 0.861. The number of tetrazole rings is 1. The van der Waals surface area contributed by atoms with Crippen LogP contribution in [-0.4, -0.2) is 46.7 Å². The Morgan fingerprint density at radius 2 is 2.14 bits per heavy atom. The van der Waals surface area contributed by atoms with Crippen LogP contribution in [-0.2, 0) is 0 Å². The van der Waals surface area contributed by atoms with E-state index in [1.165, 1.54) is 0 Å². The topological polar surface area (TPSA) is 94.5 Å². The van der Waals surface area contributed by atoms with Crippen LogP contribution in [0.25, 0.3) is 0 Å². The number of benzene rings is 1. The second kappa shape index (κ2) is 6.69. The highest BCUT2D eigenvalue weighted by atomic mass is 16.5. The average Bonchev–Trinajstić information content (AvgIpc) is 2.92. The Morgan fingerprint density at radius 1 is 1.38 bits per heavy atom. The minimum Gasteiger partial charge on any atom is -0.496 e. The fraction of sp³-hybridized carbons (Fsp3) is 0.385. The Bertz CT molecular complexity index is 619. The van der Waals surface area contributed by atoms with Gasteiger partial charge in [-0.25, -0.2) is 0 Å². The van der Waals surface area contributed by atoms with Gasteiger partial charge in [-0.2, -0.15) is 5.10 Å². The lowest BCUT2D eigenvalue weighted by Crippen LogP contribution is -2.21. The SMILES string of the molecule is CCN(CC)c1ccc(/C=N/n2nnnc2N)c(OC)c1. The molecule has 8 nitrogen and oxygen atoms in total. The van der Waals surface area contributed by atoms with Crippen LogP contribution in [0, 0.1) is 0 Å². The number of anilines is 2. The van der Waals surface area contributed by atoms with E-state index >= 15 is 0 Å². The predicted molar refractivity (Wildman–Crippen MR) is 81.8 cm³/mol. The number of ether oxygens (including phenoxy) is 1. The molecule has 21 heavy (non-hydrogen) atoms. The van der Waals surface area contributed by atoms with E-state index in [2.05, 4.69) is 39.4 Å². The van der Waals surface area contributed by atoms with Crippen LogP contribution in [0.4, 0.5) is 11.6 Å². The predicted octanol–water partition coefficient (Wildman–Crippen LogP) is 0.992. The first-order valence-electron chi connectivity index (χ1n) is 6.70. The van der Waals surface area contributed by atoms with Gasteiger partial charge in [0.15, 0.2) is 0 Å². The molecular weight excluding hydrogens is 270 g/mol. The summed E-state index contributed by atoms with van der Waals surface area (Å²) in [4.78, 5) is 3.39. The van der Waals surface area contributed by atoms with Crippen molar-refractivity contribution < 1.29 is 4.74 Å². The van der Waals surface area contributed by atoms with Gasteiger partial charge in [-0.05, 0) is 36.4 Å². The lowest BCUT2D eigenvalue weighted by molar-refractivity contribution is 0.414. The molecule has 0 aliphatic heterocycles. The molecule has 112 valence electrons. The Morgan fingerprint density at radius 3 is 2.71 bits per heavy atom. The molecule has 0 bridgehead atoms. The highest BCUT2D eigenvalue weighted by Crippen LogP contribution is 2.24. The van der Waals surface area contributed by atoms with E-state index in [1.54, 1.807) is 13.3 Å². The van der Waals surface area contributed by atoms with Crippen molar-refractivity contribution in [3.05, 3.63) is 23.8 Å². The molecule has 2 aromatic rings. The van der Waals surface area contributed by atoms with Crippen molar-refractivity contribution in [3.63, 3.8) is 0 Å². The summed E-state index contributed by atoms with van der Waals surface area (Å²) < 4.78 is 5.42. The normalized spacial score (nSPS) is 11.0. The number of hydrogen-bond acceptors (Lipinski definition) is 7. The molecule has 0 radical (unpaired) electrons. The maximum atomic E-state index is 5.55. The summed E-state index contributed by atoms with van der Waals surface area (Å²) in [6.45, 7) is 6.11. The Balaban J connectivity index is 2.28. The molecule has 0 aliphatic rings. The zero-order valence-corrected chi connectivity index (χ0v) is 12.4. The first-order valence-corrected chi connectivity index (χ1v) is 6.70. The molecule has 0 unspecified atom stereocenters. The molecule has 0 saturated heterocycles. The summed E-state index contributed by atoms with van der Waals surface area (Å²) in [6, 6.07) is 5.95. The van der Waals surface area contributed by atoms with Crippen molar-refractivity contribution in [2.75, 3.05) is 30.8 Å². The monoisotopic (exact) mass is 289 g/mol. The molecule has 2 N–H and O–H groups in total. The Labute approximate surface area is 123 Å². The third-order valence-electron chi connectivity index (χ3n) is 3.13. The van der Waals surface area contributed by atoms with Crippen molar-refractivity contribution in [2.45, 2.75) is 13.8 Å². The minimum atomic E-state index is 0.130. The van der Waals surface area contributed by atoms with Gasteiger partial charge < -0.3 is 15.4 Å². The van der Waals surface area contributed by atoms with Gasteiger partial charge in [0.2, 0.25) is 0 Å². The maximum absolute atomic E-state index is 5.55. The van der Waals surface area contributed by atoms with E-state index in [4.69, 9.17) is 10.5 Å². The van der Waals surface area contributed by atoms with Gasteiger partial charge in [0, 0.05) is 30.4 Å². The number of nitrogens with two attached hydrogens (primary N) is 1. The zero-order chi connectivity index (χ0) is 15.2. The summed E-state index contributed by atoms with van der Waals surface area (Å²) in [7, 11) is 1.63. The molecule has 8 heteroatoms. The third kappa shape index (κ3) is 3.28. The van der Waals surface area contributed by atoms with Gasteiger partial charge in [0.1, 0.15) is 5.75 Å². The van der Waals surface area contributed by atoms with Gasteiger partial charge >= 0.3 is 0 Å². The Kier molecular flexibility index (Phi) is 4.70. The first kappa shape index (κ1) is 14.8. The molecule has 0 fully saturated rings. The van der Waals surface area contributed by atoms with Gasteiger partial charge in [0.25, 0.3) is 5.95 Å². The van der Waals surface area contributed by atoms with Gasteiger partial charge in [-0.1, -0.05) is 9.89 Å². The highest BCUT2D eigenvalue weighted by molar-refractivity contribution is 5.84. The van der Waals surface area contributed by atoms with E-state index in [0.717, 1.165) is 34.9 Å². The number of methoxy groups -OCH3 is 1. The van der Waals surface area contributed by atoms with Crippen molar-refractivity contribution in [1.29, 1.82) is 0 Å². The first-order chi connectivity index (χ1) is 10.2. The lowest BCUT2D eigenvalue weighted by atomic mass is 10.2. The van der Waals surface area contributed by atoms with Crippen LogP contribution in [0.15, 0.2) is 23.3 Å². The molecule has 0 spiro atoms. The van der Waals surface area contributed by atoms with Gasteiger partial charge in [-0.3, -0.25) is 0 Å². The number of aromatic nitrogens is 4. The van der Waals surface area contributed by atoms with Crippen LogP contribution < -0.4 is 15.4 Å². The van der Waals surface area contributed by atoms with Crippen LogP contribution in [0.5, 0.6) is 5.75 Å². The van der Waals surface area contributed by atoms with Gasteiger partial charge in [0.05, 0.1) is 13.3 Å². The average molecular weight is 289 g/mol. The molecule has 0 amide bonds. The second-order valence-corrected chi connectivity index (χ2v) is 4.27. The number of rotatable bonds is 6. The molecule has 1 aromatic carbocycles. The summed E-state index contributed by atoms with van der Waals surface area (Å²) >= 11 is 0. The van der Waals surface area contributed by atoms with Crippen LogP contribution in [0.2, 0.25) is 0 Å². The van der Waals surface area contributed by atoms with E-state index in [1.807, 2.05) is 18.2 Å². The number of nitrogens with zero attached hydrogens (tertiary/aromatic N) is 6. The van der Waals surface area contributed by atoms with Crippen LogP contribution >= 0.6 is 0 Å². The van der Waals surface area contributed by atoms with Crippen LogP contribution in [0.1, 0.15) is 19.4 Å². The number of hydrogen-bond donors (Lipinski definition) is 1. The Hall–Kier alpha value is -2.64. The second-order valence-electron chi connectivity index (χ2n) is 4.27. The standard InChI is InChI=1S/C13H19N7O/c1-4-19(5-2)11-7-6-10(12(8-11)21-3)9-15-20-13(14)16-17-18-20/h6-9H,4-5H2,1-3H3,(H2,14,16,18)/b15-9+. The molecule has 0 saturated carbocycles. The third-order valence-corrected chi connectivity index (χ3v) is 3.13. The summed E-state index contributed by atoms with van der Waals surface area (Å²) in [5.41, 5.74) is 7.48. The minimum absolute atomic E-state index is 0.130. The molecule has 1 heterocycles. The largest absolute Gasteiger partial charge is 0.496 e. The van der Waals surface area contributed by atoms with Crippen molar-refractivity contribution >= 4 is 17.9 Å². The van der Waals surface area contributed by atoms with E-state index in [0.29, 0.717) is 0 Å². The van der Waals surface area contributed by atoms with Crippen molar-refractivity contribution in [2.24, 2.45) is 5.10 Å². The van der Waals surface area contributed by atoms with E-state index < -0.39 is 0 Å². The molecule has 0 aliphatic carbocycles. The summed E-state index contributed by atoms with van der Waals surface area (Å²) in [5, 5.41) is 14.7. The van der Waals surface area contributed by atoms with Gasteiger partial charge in [-0.15, -0.1) is 0 Å². The van der Waals surface area contributed by atoms with E-state index in [-0.39, 0.29) is 5.95 Å². The molecule has 0 atom stereocenters. The molecule has 2 rings (SSSR count). The lowest BCUT2D eigenvalue weighted by Gasteiger charge is -2.21. The van der Waals surface area contributed by atoms with Crippen molar-refractivity contribution in [1.82, 2.24) is 20.3 Å². The molecule has 1 aromatic heterocycles. The molecular formula is C13H19N7O. The fourth-order valence-electron chi connectivity index (χ4n) is 1.98. The quantitative estimate of drug-likeness (QED) is 0.797. The fourth-order valence-corrected chi connectivity index (χ4v) is 1.98. The zero-order valence-electron chi connectivity index (χ0n) is 12.4. The smallest absolute Gasteiger partial charge is 0.263 e. The van der Waals surface area contributed by atoms with E-state index in [9.17, 15) is 0 Å².